The van der Waals surface area contributed by atoms with Gasteiger partial charge in [-0.3, -0.25) is 4.79 Å². The van der Waals surface area contributed by atoms with Crippen LogP contribution in [0.15, 0.2) is 41.4 Å². The number of ether oxygens (including phenoxy) is 2. The van der Waals surface area contributed by atoms with Crippen molar-refractivity contribution in [3.8, 4) is 11.5 Å². The maximum absolute atomic E-state index is 12.4. The van der Waals surface area contributed by atoms with Crippen LogP contribution in [0.25, 0.3) is 10.2 Å². The predicted octanol–water partition coefficient (Wildman–Crippen LogP) is 3.43. The second-order valence-corrected chi connectivity index (χ2v) is 6.98. The van der Waals surface area contributed by atoms with E-state index in [0.29, 0.717) is 11.2 Å². The van der Waals surface area contributed by atoms with Crippen LogP contribution in [0.5, 0.6) is 11.5 Å². The Morgan fingerprint density at radius 3 is 2.64 bits per heavy atom. The number of aromatic nitrogens is 1. The third-order valence-corrected chi connectivity index (χ3v) is 5.23. The molecule has 4 rings (SSSR count). The van der Waals surface area contributed by atoms with Crippen molar-refractivity contribution >= 4 is 27.5 Å². The summed E-state index contributed by atoms with van der Waals surface area (Å²) in [6, 6.07) is 11.9. The maximum Gasteiger partial charge on any atom is 0.252 e. The molecule has 0 spiro atoms. The molecule has 1 aliphatic heterocycles. The Balaban J connectivity index is 1.71. The molecule has 0 unspecified atom stereocenters. The summed E-state index contributed by atoms with van der Waals surface area (Å²) in [4.78, 5) is 17.4. The first-order valence-corrected chi connectivity index (χ1v) is 9.02. The summed E-state index contributed by atoms with van der Waals surface area (Å²) in [6.45, 7) is 5.06. The minimum atomic E-state index is -0.141. The van der Waals surface area contributed by atoms with Crippen LogP contribution < -0.4 is 14.3 Å². The Morgan fingerprint density at radius 2 is 1.92 bits per heavy atom. The Bertz CT molecular complexity index is 1020. The molecule has 1 aliphatic rings. The predicted molar refractivity (Wildman–Crippen MR) is 97.1 cm³/mol. The standard InChI is InChI=1S/C19H18N2O3S/c1-3-21-14-9-15-16(24-11-23-15)10-17(14)25-19(21)20-18(22)8-13-6-4-12(2)5-7-13/h4-7,9-10H,3,8,11H2,1-2H3. The van der Waals surface area contributed by atoms with Crippen molar-refractivity contribution in [3.63, 3.8) is 0 Å². The lowest BCUT2D eigenvalue weighted by Crippen LogP contribution is -2.16. The zero-order valence-corrected chi connectivity index (χ0v) is 14.9. The number of amides is 1. The first kappa shape index (κ1) is 15.9. The molecule has 0 saturated heterocycles. The molecule has 5 nitrogen and oxygen atoms in total. The van der Waals surface area contributed by atoms with Gasteiger partial charge < -0.3 is 14.0 Å². The average molecular weight is 354 g/mol. The van der Waals surface area contributed by atoms with Gasteiger partial charge in [-0.15, -0.1) is 0 Å². The zero-order valence-electron chi connectivity index (χ0n) is 14.1. The lowest BCUT2D eigenvalue weighted by molar-refractivity contribution is -0.117. The molecule has 3 aromatic rings. The lowest BCUT2D eigenvalue weighted by Gasteiger charge is -2.02. The van der Waals surface area contributed by atoms with Crippen molar-refractivity contribution in [2.75, 3.05) is 6.79 Å². The fourth-order valence-electron chi connectivity index (χ4n) is 2.88. The summed E-state index contributed by atoms with van der Waals surface area (Å²) in [6.07, 6.45) is 0.307. The van der Waals surface area contributed by atoms with Crippen molar-refractivity contribution in [2.24, 2.45) is 4.99 Å². The molecular weight excluding hydrogens is 336 g/mol. The van der Waals surface area contributed by atoms with E-state index in [2.05, 4.69) is 4.99 Å². The molecule has 0 saturated carbocycles. The molecule has 25 heavy (non-hydrogen) atoms. The molecule has 2 aromatic carbocycles. The Kier molecular flexibility index (Phi) is 4.05. The van der Waals surface area contributed by atoms with E-state index in [4.69, 9.17) is 9.47 Å². The maximum atomic E-state index is 12.4. The van der Waals surface area contributed by atoms with Crippen LogP contribution in [0.3, 0.4) is 0 Å². The number of hydrogen-bond acceptors (Lipinski definition) is 4. The van der Waals surface area contributed by atoms with Crippen LogP contribution in [-0.4, -0.2) is 17.3 Å². The fourth-order valence-corrected chi connectivity index (χ4v) is 4.00. The second-order valence-electron chi connectivity index (χ2n) is 5.97. The van der Waals surface area contributed by atoms with Gasteiger partial charge in [0.2, 0.25) is 6.79 Å². The van der Waals surface area contributed by atoms with Crippen LogP contribution in [0.1, 0.15) is 18.1 Å². The smallest absolute Gasteiger partial charge is 0.252 e. The van der Waals surface area contributed by atoms with Crippen molar-refractivity contribution in [3.05, 3.63) is 52.3 Å². The third kappa shape index (κ3) is 3.05. The largest absolute Gasteiger partial charge is 0.454 e. The van der Waals surface area contributed by atoms with Crippen LogP contribution in [0.2, 0.25) is 0 Å². The van der Waals surface area contributed by atoms with E-state index < -0.39 is 0 Å². The molecule has 1 aromatic heterocycles. The Hall–Kier alpha value is -2.60. The summed E-state index contributed by atoms with van der Waals surface area (Å²) in [5.74, 6) is 1.34. The highest BCUT2D eigenvalue weighted by Gasteiger charge is 2.17. The number of benzene rings is 2. The number of rotatable bonds is 3. The van der Waals surface area contributed by atoms with Gasteiger partial charge >= 0.3 is 0 Å². The molecule has 6 heteroatoms. The van der Waals surface area contributed by atoms with Crippen LogP contribution in [0.4, 0.5) is 0 Å². The Morgan fingerprint density at radius 1 is 1.20 bits per heavy atom. The summed E-state index contributed by atoms with van der Waals surface area (Å²) < 4.78 is 14.0. The number of carbonyl (C=O) groups excluding carboxylic acids is 1. The highest BCUT2D eigenvalue weighted by Crippen LogP contribution is 2.36. The number of hydrogen-bond donors (Lipinski definition) is 0. The van der Waals surface area contributed by atoms with E-state index in [1.807, 2.05) is 54.8 Å². The number of aryl methyl sites for hydroxylation is 2. The van der Waals surface area contributed by atoms with E-state index in [1.54, 1.807) is 0 Å². The van der Waals surface area contributed by atoms with Crippen molar-refractivity contribution in [2.45, 2.75) is 26.8 Å². The van der Waals surface area contributed by atoms with Crippen LogP contribution in [-0.2, 0) is 17.8 Å². The molecule has 0 fully saturated rings. The summed E-state index contributed by atoms with van der Waals surface area (Å²) in [5.41, 5.74) is 3.17. The third-order valence-electron chi connectivity index (χ3n) is 4.19. The number of carbonyl (C=O) groups is 1. The van der Waals surface area contributed by atoms with Gasteiger partial charge in [-0.05, 0) is 19.4 Å². The summed E-state index contributed by atoms with van der Waals surface area (Å²) in [7, 11) is 0. The van der Waals surface area contributed by atoms with E-state index in [1.165, 1.54) is 16.9 Å². The van der Waals surface area contributed by atoms with Crippen molar-refractivity contribution in [1.29, 1.82) is 0 Å². The number of fused-ring (bicyclic) bond motifs is 2. The SMILES string of the molecule is CCn1c(=NC(=O)Cc2ccc(C)cc2)sc2cc3c(cc21)OCO3. The number of thiazole rings is 1. The first-order chi connectivity index (χ1) is 12.1. The summed E-state index contributed by atoms with van der Waals surface area (Å²) in [5, 5.41) is 0. The highest BCUT2D eigenvalue weighted by molar-refractivity contribution is 7.16. The van der Waals surface area contributed by atoms with Crippen LogP contribution in [0, 0.1) is 6.92 Å². The van der Waals surface area contributed by atoms with Gasteiger partial charge in [0.25, 0.3) is 5.91 Å². The molecule has 0 bridgehead atoms. The average Bonchev–Trinajstić information content (AvgIpc) is 3.17. The minimum absolute atomic E-state index is 0.141. The lowest BCUT2D eigenvalue weighted by atomic mass is 10.1. The molecule has 0 radical (unpaired) electrons. The zero-order chi connectivity index (χ0) is 17.4. The van der Waals surface area contributed by atoms with E-state index in [-0.39, 0.29) is 12.7 Å². The molecule has 0 atom stereocenters. The van der Waals surface area contributed by atoms with Crippen LogP contribution >= 0.6 is 11.3 Å². The molecule has 1 amide bonds. The topological polar surface area (TPSA) is 52.8 Å². The molecular formula is C19H18N2O3S. The minimum Gasteiger partial charge on any atom is -0.454 e. The Labute approximate surface area is 149 Å². The van der Waals surface area contributed by atoms with Gasteiger partial charge in [0.1, 0.15) is 0 Å². The van der Waals surface area contributed by atoms with E-state index >= 15 is 0 Å². The monoisotopic (exact) mass is 354 g/mol. The quantitative estimate of drug-likeness (QED) is 0.724. The van der Waals surface area contributed by atoms with Crippen molar-refractivity contribution in [1.82, 2.24) is 4.57 Å². The molecule has 2 heterocycles. The summed E-state index contributed by atoms with van der Waals surface area (Å²) >= 11 is 1.50. The second kappa shape index (κ2) is 6.37. The first-order valence-electron chi connectivity index (χ1n) is 8.20. The highest BCUT2D eigenvalue weighted by atomic mass is 32.1. The molecule has 128 valence electrons. The van der Waals surface area contributed by atoms with Gasteiger partial charge in [-0.25, -0.2) is 0 Å². The fraction of sp³-hybridized carbons (Fsp3) is 0.263. The van der Waals surface area contributed by atoms with Gasteiger partial charge in [-0.1, -0.05) is 41.2 Å². The number of nitrogens with zero attached hydrogens (tertiary/aromatic N) is 2. The van der Waals surface area contributed by atoms with Gasteiger partial charge in [0, 0.05) is 18.7 Å². The van der Waals surface area contributed by atoms with Gasteiger partial charge in [-0.2, -0.15) is 4.99 Å². The normalized spacial score (nSPS) is 13.6. The van der Waals surface area contributed by atoms with Crippen molar-refractivity contribution < 1.29 is 14.3 Å². The molecule has 0 N–H and O–H groups in total. The van der Waals surface area contributed by atoms with Gasteiger partial charge in [0.05, 0.1) is 16.6 Å². The molecule has 0 aliphatic carbocycles. The van der Waals surface area contributed by atoms with E-state index in [0.717, 1.165) is 33.8 Å². The van der Waals surface area contributed by atoms with E-state index in [9.17, 15) is 4.79 Å². The van der Waals surface area contributed by atoms with Gasteiger partial charge in [0.15, 0.2) is 16.3 Å².